The highest BCUT2D eigenvalue weighted by atomic mass is 16.6. The normalized spacial score (nSPS) is 11.2. The second-order valence-electron chi connectivity index (χ2n) is 6.34. The molecule has 6 heteroatoms. The summed E-state index contributed by atoms with van der Waals surface area (Å²) in [6, 6.07) is 1.74. The van der Waals surface area contributed by atoms with Crippen LogP contribution in [-0.4, -0.2) is 42.6 Å². The topological polar surface area (TPSA) is 71.8 Å². The van der Waals surface area contributed by atoms with Crippen LogP contribution < -0.4 is 5.32 Å². The van der Waals surface area contributed by atoms with Gasteiger partial charge in [-0.2, -0.15) is 0 Å². The van der Waals surface area contributed by atoms with Gasteiger partial charge in [0.05, 0.1) is 5.56 Å². The predicted octanol–water partition coefficient (Wildman–Crippen LogP) is 2.88. The summed E-state index contributed by atoms with van der Waals surface area (Å²) in [5.74, 6) is 1.27. The van der Waals surface area contributed by atoms with Gasteiger partial charge in [0.15, 0.2) is 0 Å². The number of furan rings is 1. The van der Waals surface area contributed by atoms with Crippen molar-refractivity contribution in [1.29, 1.82) is 0 Å². The first kappa shape index (κ1) is 18.1. The van der Waals surface area contributed by atoms with Crippen LogP contribution in [0.5, 0.6) is 0 Å². The molecule has 0 aromatic carbocycles. The number of rotatable bonds is 5. The van der Waals surface area contributed by atoms with Crippen molar-refractivity contribution >= 4 is 12.0 Å². The molecule has 1 aromatic rings. The number of hydrogen-bond acceptors (Lipinski definition) is 4. The Bertz CT molecular complexity index is 529. The van der Waals surface area contributed by atoms with Gasteiger partial charge < -0.3 is 19.4 Å². The zero-order valence-electron chi connectivity index (χ0n) is 14.3. The van der Waals surface area contributed by atoms with E-state index in [1.807, 2.05) is 27.7 Å². The minimum atomic E-state index is -0.506. The van der Waals surface area contributed by atoms with Crippen molar-refractivity contribution in [3.8, 4) is 0 Å². The number of carbonyl (C=O) groups is 2. The van der Waals surface area contributed by atoms with Crippen LogP contribution in [0.4, 0.5) is 4.79 Å². The van der Waals surface area contributed by atoms with Gasteiger partial charge in [-0.05, 0) is 47.1 Å². The SMILES string of the molecule is Cc1cc(C(=O)N(C)CCCNC(=O)OC(C)(C)C)c(C)o1. The molecular formula is C16H26N2O4. The molecule has 0 atom stereocenters. The maximum atomic E-state index is 12.2. The molecule has 0 saturated heterocycles. The van der Waals surface area contributed by atoms with Gasteiger partial charge in [-0.25, -0.2) is 4.79 Å². The number of hydrogen-bond donors (Lipinski definition) is 1. The van der Waals surface area contributed by atoms with Gasteiger partial charge in [-0.1, -0.05) is 0 Å². The van der Waals surface area contributed by atoms with Crippen LogP contribution in [0, 0.1) is 13.8 Å². The van der Waals surface area contributed by atoms with Crippen molar-refractivity contribution in [2.75, 3.05) is 20.1 Å². The standard InChI is InChI=1S/C16H26N2O4/c1-11-10-13(12(2)21-11)14(19)18(6)9-7-8-17-15(20)22-16(3,4)5/h10H,7-9H2,1-6H3,(H,17,20). The van der Waals surface area contributed by atoms with E-state index in [9.17, 15) is 9.59 Å². The number of alkyl carbamates (subject to hydrolysis) is 1. The Morgan fingerprint density at radius 2 is 1.95 bits per heavy atom. The largest absolute Gasteiger partial charge is 0.466 e. The predicted molar refractivity (Wildman–Crippen MR) is 84.0 cm³/mol. The third kappa shape index (κ3) is 5.79. The average Bonchev–Trinajstić information content (AvgIpc) is 2.70. The molecule has 0 fully saturated rings. The number of nitrogens with one attached hydrogen (secondary N) is 1. The molecule has 2 amide bonds. The molecule has 0 unspecified atom stereocenters. The van der Waals surface area contributed by atoms with Gasteiger partial charge in [0.1, 0.15) is 17.1 Å². The molecule has 0 spiro atoms. The highest BCUT2D eigenvalue weighted by Gasteiger charge is 2.18. The zero-order valence-corrected chi connectivity index (χ0v) is 14.3. The minimum Gasteiger partial charge on any atom is -0.466 e. The summed E-state index contributed by atoms with van der Waals surface area (Å²) in [6.45, 7) is 10.0. The van der Waals surface area contributed by atoms with E-state index >= 15 is 0 Å². The summed E-state index contributed by atoms with van der Waals surface area (Å²) in [6.07, 6.45) is 0.208. The molecule has 0 bridgehead atoms. The van der Waals surface area contributed by atoms with Gasteiger partial charge in [0.2, 0.25) is 0 Å². The van der Waals surface area contributed by atoms with Gasteiger partial charge in [-0.3, -0.25) is 4.79 Å². The van der Waals surface area contributed by atoms with E-state index in [0.717, 1.165) is 5.76 Å². The van der Waals surface area contributed by atoms with Crippen LogP contribution in [0.2, 0.25) is 0 Å². The number of aryl methyl sites for hydroxylation is 2. The van der Waals surface area contributed by atoms with Crippen LogP contribution in [-0.2, 0) is 4.74 Å². The fraction of sp³-hybridized carbons (Fsp3) is 0.625. The highest BCUT2D eigenvalue weighted by molar-refractivity contribution is 5.95. The van der Waals surface area contributed by atoms with Gasteiger partial charge in [-0.15, -0.1) is 0 Å². The molecule has 1 aromatic heterocycles. The molecule has 1 rings (SSSR count). The first-order valence-corrected chi connectivity index (χ1v) is 7.39. The molecule has 0 radical (unpaired) electrons. The summed E-state index contributed by atoms with van der Waals surface area (Å²) in [5, 5.41) is 2.67. The lowest BCUT2D eigenvalue weighted by atomic mass is 10.2. The van der Waals surface area contributed by atoms with Crippen molar-refractivity contribution in [3.63, 3.8) is 0 Å². The van der Waals surface area contributed by atoms with Gasteiger partial charge in [0.25, 0.3) is 5.91 Å². The first-order chi connectivity index (χ1) is 10.1. The lowest BCUT2D eigenvalue weighted by molar-refractivity contribution is 0.0526. The Labute approximate surface area is 131 Å². The molecule has 22 heavy (non-hydrogen) atoms. The van der Waals surface area contributed by atoms with E-state index in [2.05, 4.69) is 5.32 Å². The number of amides is 2. The Balaban J connectivity index is 2.34. The summed E-state index contributed by atoms with van der Waals surface area (Å²) in [4.78, 5) is 25.3. The van der Waals surface area contributed by atoms with E-state index in [0.29, 0.717) is 30.8 Å². The Kier molecular flexibility index (Phi) is 6.02. The minimum absolute atomic E-state index is 0.0772. The smallest absolute Gasteiger partial charge is 0.407 e. The molecule has 124 valence electrons. The molecule has 1 N–H and O–H groups in total. The molecule has 6 nitrogen and oxygen atoms in total. The molecule has 0 aliphatic carbocycles. The quantitative estimate of drug-likeness (QED) is 0.849. The van der Waals surface area contributed by atoms with Crippen molar-refractivity contribution in [3.05, 3.63) is 23.2 Å². The average molecular weight is 310 g/mol. The Hall–Kier alpha value is -1.98. The Morgan fingerprint density at radius 3 is 2.45 bits per heavy atom. The molecule has 0 aliphatic rings. The summed E-state index contributed by atoms with van der Waals surface area (Å²) >= 11 is 0. The van der Waals surface area contributed by atoms with Crippen LogP contribution in [0.1, 0.15) is 49.1 Å². The maximum Gasteiger partial charge on any atom is 0.407 e. The van der Waals surface area contributed by atoms with Crippen LogP contribution in [0.3, 0.4) is 0 Å². The van der Waals surface area contributed by atoms with E-state index in [4.69, 9.17) is 9.15 Å². The maximum absolute atomic E-state index is 12.2. The summed E-state index contributed by atoms with van der Waals surface area (Å²) in [5.41, 5.74) is 0.0770. The molecule has 0 aliphatic heterocycles. The summed E-state index contributed by atoms with van der Waals surface area (Å²) in [7, 11) is 1.73. The second-order valence-corrected chi connectivity index (χ2v) is 6.34. The third-order valence-corrected chi connectivity index (χ3v) is 2.96. The highest BCUT2D eigenvalue weighted by Crippen LogP contribution is 2.15. The molecule has 0 saturated carbocycles. The second kappa shape index (κ2) is 7.33. The van der Waals surface area contributed by atoms with Gasteiger partial charge >= 0.3 is 6.09 Å². The molecular weight excluding hydrogens is 284 g/mol. The lowest BCUT2D eigenvalue weighted by Gasteiger charge is -2.20. The third-order valence-electron chi connectivity index (χ3n) is 2.96. The Morgan fingerprint density at radius 1 is 1.32 bits per heavy atom. The van der Waals surface area contributed by atoms with Crippen LogP contribution >= 0.6 is 0 Å². The van der Waals surface area contributed by atoms with E-state index < -0.39 is 11.7 Å². The fourth-order valence-electron chi connectivity index (χ4n) is 1.97. The van der Waals surface area contributed by atoms with Crippen molar-refractivity contribution < 1.29 is 18.7 Å². The fourth-order valence-corrected chi connectivity index (χ4v) is 1.97. The van der Waals surface area contributed by atoms with Crippen LogP contribution in [0.15, 0.2) is 10.5 Å². The van der Waals surface area contributed by atoms with E-state index in [1.54, 1.807) is 24.9 Å². The van der Waals surface area contributed by atoms with E-state index in [-0.39, 0.29) is 5.91 Å². The van der Waals surface area contributed by atoms with Crippen molar-refractivity contribution in [2.45, 2.75) is 46.6 Å². The van der Waals surface area contributed by atoms with E-state index in [1.165, 1.54) is 0 Å². The number of nitrogens with zero attached hydrogens (tertiary/aromatic N) is 1. The van der Waals surface area contributed by atoms with Crippen LogP contribution in [0.25, 0.3) is 0 Å². The zero-order chi connectivity index (χ0) is 16.9. The molecule has 1 heterocycles. The van der Waals surface area contributed by atoms with Crippen molar-refractivity contribution in [1.82, 2.24) is 10.2 Å². The summed E-state index contributed by atoms with van der Waals surface area (Å²) < 4.78 is 10.5. The van der Waals surface area contributed by atoms with Gasteiger partial charge in [0, 0.05) is 20.1 Å². The lowest BCUT2D eigenvalue weighted by Crippen LogP contribution is -2.35. The van der Waals surface area contributed by atoms with Crippen molar-refractivity contribution in [2.24, 2.45) is 0 Å². The first-order valence-electron chi connectivity index (χ1n) is 7.39. The number of ether oxygens (including phenoxy) is 1. The number of carbonyl (C=O) groups excluding carboxylic acids is 2. The monoisotopic (exact) mass is 310 g/mol.